The summed E-state index contributed by atoms with van der Waals surface area (Å²) in [6.07, 6.45) is 31.6. The summed E-state index contributed by atoms with van der Waals surface area (Å²) >= 11 is 0. The highest BCUT2D eigenvalue weighted by Gasteiger charge is 2.65. The Labute approximate surface area is 284 Å². The van der Waals surface area contributed by atoms with Gasteiger partial charge in [-0.3, -0.25) is 9.59 Å². The molecule has 272 valence electrons. The van der Waals surface area contributed by atoms with E-state index in [4.69, 9.17) is 9.47 Å². The molecule has 0 fully saturated rings. The lowest BCUT2D eigenvalue weighted by Gasteiger charge is -2.42. The minimum atomic E-state index is -2.37. The molecule has 0 aliphatic carbocycles. The van der Waals surface area contributed by atoms with E-state index in [1.165, 1.54) is 137 Å². The summed E-state index contributed by atoms with van der Waals surface area (Å²) in [5.41, 5.74) is -4.26. The van der Waals surface area contributed by atoms with Gasteiger partial charge >= 0.3 is 5.97 Å². The van der Waals surface area contributed by atoms with Crippen LogP contribution in [0, 0.1) is 5.92 Å². The molecule has 0 heterocycles. The van der Waals surface area contributed by atoms with Crippen LogP contribution < -0.4 is 0 Å². The van der Waals surface area contributed by atoms with Crippen LogP contribution >= 0.6 is 0 Å². The van der Waals surface area contributed by atoms with E-state index in [9.17, 15) is 19.5 Å². The molecule has 0 spiro atoms. The largest absolute Gasteiger partial charge is 0.479 e. The Morgan fingerprint density at radius 2 is 0.891 bits per heavy atom. The van der Waals surface area contributed by atoms with Crippen molar-refractivity contribution >= 4 is 17.5 Å². The molecule has 3 unspecified atom stereocenters. The van der Waals surface area contributed by atoms with Gasteiger partial charge in [-0.05, 0) is 26.2 Å². The highest BCUT2D eigenvalue weighted by Crippen LogP contribution is 2.37. The van der Waals surface area contributed by atoms with E-state index in [1.807, 2.05) is 6.92 Å². The normalized spacial score (nSPS) is 14.9. The summed E-state index contributed by atoms with van der Waals surface area (Å²) in [6.45, 7) is 7.84. The summed E-state index contributed by atoms with van der Waals surface area (Å²) in [5, 5.41) is 10.4. The molecule has 0 aromatic heterocycles. The van der Waals surface area contributed by atoms with Gasteiger partial charge in [0.15, 0.2) is 17.2 Å². The molecule has 1 N–H and O–H groups in total. The van der Waals surface area contributed by atoms with Gasteiger partial charge in [0.1, 0.15) is 0 Å². The standard InChI is InChI=1S/C40H76O6/c1-7-10-12-14-16-18-20-22-24-26-28-30-32-34-36(41)39(4,45-5)40(46-6,38(43)44)37(42)35(9-3)33-31-29-27-25-23-21-19-17-15-13-11-8-2/h35H,7-34H2,1-6H3,(H,43,44). The minimum Gasteiger partial charge on any atom is -0.479 e. The molecule has 0 aliphatic rings. The van der Waals surface area contributed by atoms with E-state index in [0.717, 1.165) is 38.5 Å². The van der Waals surface area contributed by atoms with Crippen LogP contribution in [0.5, 0.6) is 0 Å². The van der Waals surface area contributed by atoms with Gasteiger partial charge < -0.3 is 14.6 Å². The predicted molar refractivity (Wildman–Crippen MR) is 193 cm³/mol. The number of ketones is 2. The number of carbonyl (C=O) groups is 3. The number of carboxylic acids is 1. The van der Waals surface area contributed by atoms with Gasteiger partial charge in [-0.1, -0.05) is 175 Å². The molecule has 3 atom stereocenters. The zero-order valence-corrected chi connectivity index (χ0v) is 31.4. The number of hydrogen-bond acceptors (Lipinski definition) is 5. The van der Waals surface area contributed by atoms with Crippen LogP contribution in [0.25, 0.3) is 0 Å². The number of aliphatic carboxylic acids is 1. The molecule has 0 saturated heterocycles. The summed E-state index contributed by atoms with van der Waals surface area (Å²) in [5.74, 6) is -2.87. The summed E-state index contributed by atoms with van der Waals surface area (Å²) in [7, 11) is 2.54. The van der Waals surface area contributed by atoms with Gasteiger partial charge in [-0.25, -0.2) is 4.79 Å². The zero-order valence-electron chi connectivity index (χ0n) is 31.4. The SMILES string of the molecule is CCCCCCCCCCCCCCCC(=O)C(C)(OC)C(OC)(C(=O)O)C(=O)C(CC)CCCCCCCCCCCCCC. The van der Waals surface area contributed by atoms with Gasteiger partial charge in [0.05, 0.1) is 0 Å². The first-order valence-corrected chi connectivity index (χ1v) is 19.6. The van der Waals surface area contributed by atoms with E-state index < -0.39 is 28.9 Å². The molecule has 0 radical (unpaired) electrons. The molecule has 0 amide bonds. The van der Waals surface area contributed by atoms with Crippen LogP contribution in [-0.4, -0.2) is 48.1 Å². The van der Waals surface area contributed by atoms with E-state index in [0.29, 0.717) is 19.3 Å². The molecule has 6 heteroatoms. The van der Waals surface area contributed by atoms with Crippen molar-refractivity contribution in [2.45, 2.75) is 219 Å². The predicted octanol–water partition coefficient (Wildman–Crippen LogP) is 11.6. The van der Waals surface area contributed by atoms with E-state index in [1.54, 1.807) is 0 Å². The number of Topliss-reactive ketones (excluding diaryl/α,β-unsaturated/α-hetero) is 2. The lowest BCUT2D eigenvalue weighted by molar-refractivity contribution is -0.208. The lowest BCUT2D eigenvalue weighted by atomic mass is 9.71. The van der Waals surface area contributed by atoms with Crippen molar-refractivity contribution in [1.82, 2.24) is 0 Å². The molecule has 6 nitrogen and oxygen atoms in total. The topological polar surface area (TPSA) is 89.9 Å². The Morgan fingerprint density at radius 3 is 1.20 bits per heavy atom. The van der Waals surface area contributed by atoms with Crippen molar-refractivity contribution in [3.63, 3.8) is 0 Å². The molecular weight excluding hydrogens is 576 g/mol. The van der Waals surface area contributed by atoms with Gasteiger partial charge in [0.25, 0.3) is 5.60 Å². The van der Waals surface area contributed by atoms with Crippen LogP contribution in [-0.2, 0) is 23.9 Å². The quantitative estimate of drug-likeness (QED) is 0.0541. The second-order valence-electron chi connectivity index (χ2n) is 14.0. The minimum absolute atomic E-state index is 0.170. The van der Waals surface area contributed by atoms with Crippen LogP contribution in [0.1, 0.15) is 207 Å². The Bertz CT molecular complexity index is 767. The number of methoxy groups -OCH3 is 2. The first kappa shape index (κ1) is 44.7. The molecule has 0 rings (SSSR count). The fourth-order valence-electron chi connectivity index (χ4n) is 6.96. The number of carboxylic acid groups (broad SMARTS) is 1. The third kappa shape index (κ3) is 16.7. The van der Waals surface area contributed by atoms with Crippen LogP contribution in [0.4, 0.5) is 0 Å². The molecule has 0 bridgehead atoms. The van der Waals surface area contributed by atoms with Crippen LogP contribution in [0.3, 0.4) is 0 Å². The monoisotopic (exact) mass is 653 g/mol. The van der Waals surface area contributed by atoms with Gasteiger partial charge in [0, 0.05) is 26.6 Å². The average molecular weight is 653 g/mol. The molecular formula is C40H76O6. The Morgan fingerprint density at radius 1 is 0.543 bits per heavy atom. The number of unbranched alkanes of at least 4 members (excludes halogenated alkanes) is 23. The molecule has 0 aromatic carbocycles. The van der Waals surface area contributed by atoms with Crippen molar-refractivity contribution in [3.05, 3.63) is 0 Å². The van der Waals surface area contributed by atoms with E-state index >= 15 is 0 Å². The fraction of sp³-hybridized carbons (Fsp3) is 0.925. The smallest absolute Gasteiger partial charge is 0.347 e. The second kappa shape index (κ2) is 28.7. The summed E-state index contributed by atoms with van der Waals surface area (Å²) in [6, 6.07) is 0. The number of rotatable bonds is 35. The third-order valence-electron chi connectivity index (χ3n) is 10.3. The van der Waals surface area contributed by atoms with Gasteiger partial charge in [-0.15, -0.1) is 0 Å². The maximum Gasteiger partial charge on any atom is 0.347 e. The fourth-order valence-corrected chi connectivity index (χ4v) is 6.96. The highest BCUT2D eigenvalue weighted by molar-refractivity contribution is 6.14. The Kier molecular flexibility index (Phi) is 27.9. The van der Waals surface area contributed by atoms with Gasteiger partial charge in [-0.2, -0.15) is 0 Å². The van der Waals surface area contributed by atoms with Gasteiger partial charge in [0.2, 0.25) is 0 Å². The van der Waals surface area contributed by atoms with Crippen molar-refractivity contribution in [2.75, 3.05) is 14.2 Å². The molecule has 0 saturated carbocycles. The third-order valence-corrected chi connectivity index (χ3v) is 10.3. The van der Waals surface area contributed by atoms with Crippen molar-refractivity contribution in [2.24, 2.45) is 5.92 Å². The summed E-state index contributed by atoms with van der Waals surface area (Å²) < 4.78 is 11.2. The van der Waals surface area contributed by atoms with E-state index in [-0.39, 0.29) is 12.2 Å². The van der Waals surface area contributed by atoms with Crippen LogP contribution in [0.15, 0.2) is 0 Å². The number of ether oxygens (including phenoxy) is 2. The molecule has 0 aliphatic heterocycles. The maximum atomic E-state index is 14.0. The lowest BCUT2D eigenvalue weighted by Crippen LogP contribution is -2.69. The zero-order chi connectivity index (χ0) is 34.5. The summed E-state index contributed by atoms with van der Waals surface area (Å²) in [4.78, 5) is 40.3. The second-order valence-corrected chi connectivity index (χ2v) is 14.0. The first-order valence-electron chi connectivity index (χ1n) is 19.6. The van der Waals surface area contributed by atoms with Crippen molar-refractivity contribution in [3.8, 4) is 0 Å². The first-order chi connectivity index (χ1) is 22.2. The van der Waals surface area contributed by atoms with Crippen molar-refractivity contribution < 1.29 is 29.0 Å². The van der Waals surface area contributed by atoms with Crippen molar-refractivity contribution in [1.29, 1.82) is 0 Å². The Balaban J connectivity index is 4.76. The van der Waals surface area contributed by atoms with E-state index in [2.05, 4.69) is 13.8 Å². The Hall–Kier alpha value is -1.27. The maximum absolute atomic E-state index is 14.0. The average Bonchev–Trinajstić information content (AvgIpc) is 3.05. The molecule has 0 aromatic rings. The highest BCUT2D eigenvalue weighted by atomic mass is 16.6. The molecule has 46 heavy (non-hydrogen) atoms. The number of hydrogen-bond donors (Lipinski definition) is 1. The number of carbonyl (C=O) groups excluding carboxylic acids is 2. The van der Waals surface area contributed by atoms with Crippen LogP contribution in [0.2, 0.25) is 0 Å².